The summed E-state index contributed by atoms with van der Waals surface area (Å²) in [7, 11) is 0. The van der Waals surface area contributed by atoms with Crippen molar-refractivity contribution in [1.29, 1.82) is 10.7 Å². The minimum Gasteiger partial charge on any atom is -0.382 e. The lowest BCUT2D eigenvalue weighted by Gasteiger charge is -2.19. The molecule has 1 aliphatic heterocycles. The monoisotopic (exact) mass is 256 g/mol. The first-order chi connectivity index (χ1) is 9.11. The van der Waals surface area contributed by atoms with Gasteiger partial charge >= 0.3 is 0 Å². The number of rotatable bonds is 3. The van der Waals surface area contributed by atoms with E-state index in [1.165, 1.54) is 0 Å². The standard InChI is InChI=1S/C12H12N6O/c13-5-10(12(14)15)18-17-9-3-1-2-7-4-11(19)16-6-8(7)9/h1-3,17H,4,6H2,(H3,14,15)(H,16,19)/b18-10+. The number of benzene rings is 1. The molecular weight excluding hydrogens is 244 g/mol. The summed E-state index contributed by atoms with van der Waals surface area (Å²) < 4.78 is 0. The van der Waals surface area contributed by atoms with Gasteiger partial charge in [-0.1, -0.05) is 12.1 Å². The Morgan fingerprint density at radius 3 is 3.05 bits per heavy atom. The van der Waals surface area contributed by atoms with E-state index in [0.717, 1.165) is 11.1 Å². The van der Waals surface area contributed by atoms with Crippen LogP contribution in [0.4, 0.5) is 5.69 Å². The molecule has 0 saturated carbocycles. The van der Waals surface area contributed by atoms with Crippen LogP contribution in [0, 0.1) is 16.7 Å². The van der Waals surface area contributed by atoms with Crippen LogP contribution in [0.3, 0.4) is 0 Å². The third kappa shape index (κ3) is 2.69. The van der Waals surface area contributed by atoms with E-state index in [1.807, 2.05) is 6.07 Å². The minimum atomic E-state index is -0.395. The fraction of sp³-hybridized carbons (Fsp3) is 0.167. The maximum absolute atomic E-state index is 11.3. The highest BCUT2D eigenvalue weighted by atomic mass is 16.1. The van der Waals surface area contributed by atoms with Crippen molar-refractivity contribution in [1.82, 2.24) is 5.32 Å². The van der Waals surface area contributed by atoms with Crippen molar-refractivity contribution in [2.75, 3.05) is 5.43 Å². The number of nitriles is 1. The largest absolute Gasteiger partial charge is 0.382 e. The zero-order chi connectivity index (χ0) is 13.8. The van der Waals surface area contributed by atoms with Crippen LogP contribution in [0.1, 0.15) is 11.1 Å². The van der Waals surface area contributed by atoms with Gasteiger partial charge < -0.3 is 11.1 Å². The molecule has 0 unspecified atom stereocenters. The molecule has 7 nitrogen and oxygen atoms in total. The second kappa shape index (κ2) is 5.18. The molecule has 0 fully saturated rings. The van der Waals surface area contributed by atoms with Gasteiger partial charge in [0.1, 0.15) is 6.07 Å². The van der Waals surface area contributed by atoms with Crippen LogP contribution in [-0.2, 0) is 17.8 Å². The number of amidine groups is 1. The summed E-state index contributed by atoms with van der Waals surface area (Å²) in [5, 5.41) is 22.4. The van der Waals surface area contributed by atoms with Crippen molar-refractivity contribution in [3.8, 4) is 6.07 Å². The van der Waals surface area contributed by atoms with Crippen LogP contribution in [-0.4, -0.2) is 17.5 Å². The Morgan fingerprint density at radius 1 is 1.58 bits per heavy atom. The van der Waals surface area contributed by atoms with E-state index in [-0.39, 0.29) is 11.6 Å². The molecular formula is C12H12N6O. The van der Waals surface area contributed by atoms with Gasteiger partial charge in [-0.15, -0.1) is 0 Å². The van der Waals surface area contributed by atoms with E-state index in [4.69, 9.17) is 16.4 Å². The van der Waals surface area contributed by atoms with Crippen LogP contribution in [0.5, 0.6) is 0 Å². The van der Waals surface area contributed by atoms with Crippen LogP contribution in [0.25, 0.3) is 0 Å². The molecule has 0 saturated heterocycles. The highest BCUT2D eigenvalue weighted by molar-refractivity contribution is 6.45. The summed E-state index contributed by atoms with van der Waals surface area (Å²) in [6.07, 6.45) is 0.326. The Hall–Kier alpha value is -2.88. The predicted octanol–water partition coefficient (Wildman–Crippen LogP) is 0.0863. The summed E-state index contributed by atoms with van der Waals surface area (Å²) in [4.78, 5) is 11.3. The highest BCUT2D eigenvalue weighted by Crippen LogP contribution is 2.23. The number of amides is 1. The number of hydrogen-bond acceptors (Lipinski definition) is 5. The number of anilines is 1. The van der Waals surface area contributed by atoms with Crippen molar-refractivity contribution in [3.63, 3.8) is 0 Å². The first-order valence-electron chi connectivity index (χ1n) is 5.57. The van der Waals surface area contributed by atoms with E-state index in [2.05, 4.69) is 15.8 Å². The molecule has 96 valence electrons. The molecule has 0 spiro atoms. The van der Waals surface area contributed by atoms with E-state index < -0.39 is 5.84 Å². The van der Waals surface area contributed by atoms with Gasteiger partial charge in [0.15, 0.2) is 5.84 Å². The molecule has 1 aromatic rings. The molecule has 0 aliphatic carbocycles. The number of nitrogens with two attached hydrogens (primary N) is 1. The Balaban J connectivity index is 2.28. The van der Waals surface area contributed by atoms with Gasteiger partial charge in [0.05, 0.1) is 12.1 Å². The van der Waals surface area contributed by atoms with Crippen LogP contribution < -0.4 is 16.5 Å². The van der Waals surface area contributed by atoms with Crippen molar-refractivity contribution in [2.24, 2.45) is 10.8 Å². The molecule has 0 bridgehead atoms. The molecule has 19 heavy (non-hydrogen) atoms. The predicted molar refractivity (Wildman–Crippen MR) is 70.6 cm³/mol. The van der Waals surface area contributed by atoms with Gasteiger partial charge in [-0.25, -0.2) is 0 Å². The minimum absolute atomic E-state index is 0.0189. The molecule has 1 aliphatic rings. The molecule has 0 radical (unpaired) electrons. The fourth-order valence-electron chi connectivity index (χ4n) is 1.80. The van der Waals surface area contributed by atoms with Gasteiger partial charge in [-0.2, -0.15) is 10.4 Å². The quantitative estimate of drug-likeness (QED) is 0.347. The first-order valence-corrected chi connectivity index (χ1v) is 5.57. The maximum atomic E-state index is 11.3. The third-order valence-electron chi connectivity index (χ3n) is 2.74. The Morgan fingerprint density at radius 2 is 2.37 bits per heavy atom. The van der Waals surface area contributed by atoms with E-state index in [9.17, 15) is 4.79 Å². The normalized spacial score (nSPS) is 14.1. The van der Waals surface area contributed by atoms with E-state index in [1.54, 1.807) is 18.2 Å². The Bertz CT molecular complexity index is 613. The number of nitrogens with one attached hydrogen (secondary N) is 3. The zero-order valence-electron chi connectivity index (χ0n) is 10.0. The molecule has 1 amide bonds. The fourth-order valence-corrected chi connectivity index (χ4v) is 1.80. The third-order valence-corrected chi connectivity index (χ3v) is 2.74. The summed E-state index contributed by atoms with van der Waals surface area (Å²) in [5.41, 5.74) is 10.3. The molecule has 7 heteroatoms. The molecule has 2 rings (SSSR count). The SMILES string of the molecule is N#C/C(=N\Nc1cccc2c1CNC(=O)C2)C(=N)N. The highest BCUT2D eigenvalue weighted by Gasteiger charge is 2.17. The lowest BCUT2D eigenvalue weighted by molar-refractivity contribution is -0.121. The summed E-state index contributed by atoms with van der Waals surface area (Å²) in [6, 6.07) is 7.19. The molecule has 1 heterocycles. The van der Waals surface area contributed by atoms with Crippen molar-refractivity contribution >= 4 is 23.1 Å². The number of carbonyl (C=O) groups excluding carboxylic acids is 1. The van der Waals surface area contributed by atoms with Gasteiger partial charge in [0.2, 0.25) is 11.6 Å². The van der Waals surface area contributed by atoms with Crippen molar-refractivity contribution < 1.29 is 4.79 Å². The number of hydrazone groups is 1. The number of carbonyl (C=O) groups is 1. The van der Waals surface area contributed by atoms with Gasteiger partial charge in [0.25, 0.3) is 0 Å². The number of hydrogen-bond donors (Lipinski definition) is 4. The van der Waals surface area contributed by atoms with Gasteiger partial charge in [-0.05, 0) is 17.2 Å². The topological polar surface area (TPSA) is 127 Å². The smallest absolute Gasteiger partial charge is 0.224 e. The van der Waals surface area contributed by atoms with E-state index in [0.29, 0.717) is 18.7 Å². The zero-order valence-corrected chi connectivity index (χ0v) is 10.0. The van der Waals surface area contributed by atoms with Crippen molar-refractivity contribution in [2.45, 2.75) is 13.0 Å². The summed E-state index contributed by atoms with van der Waals surface area (Å²) in [6.45, 7) is 0.412. The Labute approximate surface area is 109 Å². The van der Waals surface area contributed by atoms with Crippen LogP contribution in [0.2, 0.25) is 0 Å². The lowest BCUT2D eigenvalue weighted by Crippen LogP contribution is -2.30. The second-order valence-corrected chi connectivity index (χ2v) is 3.99. The summed E-state index contributed by atoms with van der Waals surface area (Å²) in [5.74, 6) is -0.414. The molecule has 0 atom stereocenters. The first kappa shape index (κ1) is 12.6. The van der Waals surface area contributed by atoms with Gasteiger partial charge in [0, 0.05) is 6.54 Å². The van der Waals surface area contributed by atoms with Crippen LogP contribution in [0.15, 0.2) is 23.3 Å². The van der Waals surface area contributed by atoms with Crippen molar-refractivity contribution in [3.05, 3.63) is 29.3 Å². The average molecular weight is 256 g/mol. The molecule has 5 N–H and O–H groups in total. The maximum Gasteiger partial charge on any atom is 0.224 e. The second-order valence-electron chi connectivity index (χ2n) is 3.99. The molecule has 0 aromatic heterocycles. The molecule has 1 aromatic carbocycles. The number of fused-ring (bicyclic) bond motifs is 1. The number of nitrogens with zero attached hydrogens (tertiary/aromatic N) is 2. The summed E-state index contributed by atoms with van der Waals surface area (Å²) >= 11 is 0. The van der Waals surface area contributed by atoms with E-state index >= 15 is 0 Å². The van der Waals surface area contributed by atoms with Gasteiger partial charge in [-0.3, -0.25) is 15.6 Å². The Kier molecular flexibility index (Phi) is 3.43. The average Bonchev–Trinajstić information content (AvgIpc) is 2.38. The lowest BCUT2D eigenvalue weighted by atomic mass is 9.99. The van der Waals surface area contributed by atoms with Crippen LogP contribution >= 0.6 is 0 Å².